The summed E-state index contributed by atoms with van der Waals surface area (Å²) < 4.78 is 19.4. The molecule has 0 bridgehead atoms. The van der Waals surface area contributed by atoms with Crippen molar-refractivity contribution < 1.29 is 13.9 Å². The number of ketones is 1. The van der Waals surface area contributed by atoms with Gasteiger partial charge in [0, 0.05) is 9.13 Å². The first-order valence-electron chi connectivity index (χ1n) is 5.67. The SMILES string of the molecule is COc1ccc(I)cc1C(=O)c1cc(F)ccc1C. The summed E-state index contributed by atoms with van der Waals surface area (Å²) in [7, 11) is 1.51. The van der Waals surface area contributed by atoms with Gasteiger partial charge in [0.25, 0.3) is 0 Å². The Morgan fingerprint density at radius 3 is 2.58 bits per heavy atom. The summed E-state index contributed by atoms with van der Waals surface area (Å²) in [6.45, 7) is 1.78. The van der Waals surface area contributed by atoms with Crippen LogP contribution in [-0.4, -0.2) is 12.9 Å². The van der Waals surface area contributed by atoms with Crippen molar-refractivity contribution in [1.29, 1.82) is 0 Å². The largest absolute Gasteiger partial charge is 0.496 e. The molecular weight excluding hydrogens is 358 g/mol. The average molecular weight is 370 g/mol. The highest BCUT2D eigenvalue weighted by atomic mass is 127. The third kappa shape index (κ3) is 2.94. The molecule has 0 saturated heterocycles. The van der Waals surface area contributed by atoms with Crippen molar-refractivity contribution in [3.05, 3.63) is 62.5 Å². The molecule has 98 valence electrons. The van der Waals surface area contributed by atoms with Gasteiger partial charge in [-0.3, -0.25) is 4.79 Å². The smallest absolute Gasteiger partial charge is 0.197 e. The average Bonchev–Trinajstić information content (AvgIpc) is 2.40. The van der Waals surface area contributed by atoms with E-state index in [1.165, 1.54) is 19.2 Å². The summed E-state index contributed by atoms with van der Waals surface area (Å²) in [5.41, 5.74) is 1.55. The maximum Gasteiger partial charge on any atom is 0.197 e. The van der Waals surface area contributed by atoms with E-state index in [9.17, 15) is 9.18 Å². The maximum absolute atomic E-state index is 13.3. The van der Waals surface area contributed by atoms with E-state index in [2.05, 4.69) is 22.6 Å². The standard InChI is InChI=1S/C15H12FIO2/c1-9-3-4-10(16)7-12(9)15(18)13-8-11(17)5-6-14(13)19-2/h3-8H,1-2H3. The van der Waals surface area contributed by atoms with Gasteiger partial charge in [0.05, 0.1) is 12.7 Å². The summed E-state index contributed by atoms with van der Waals surface area (Å²) in [4.78, 5) is 12.5. The first kappa shape index (κ1) is 14.0. The first-order chi connectivity index (χ1) is 9.02. The van der Waals surface area contributed by atoms with Crippen molar-refractivity contribution in [3.8, 4) is 5.75 Å². The topological polar surface area (TPSA) is 26.3 Å². The normalized spacial score (nSPS) is 10.3. The van der Waals surface area contributed by atoms with E-state index in [4.69, 9.17) is 4.74 Å². The van der Waals surface area contributed by atoms with Gasteiger partial charge in [-0.1, -0.05) is 6.07 Å². The van der Waals surface area contributed by atoms with Gasteiger partial charge in [-0.25, -0.2) is 4.39 Å². The van der Waals surface area contributed by atoms with Crippen molar-refractivity contribution in [1.82, 2.24) is 0 Å². The van der Waals surface area contributed by atoms with Crippen LogP contribution in [0, 0.1) is 16.3 Å². The molecule has 2 aromatic carbocycles. The van der Waals surface area contributed by atoms with E-state index >= 15 is 0 Å². The number of hydrogen-bond acceptors (Lipinski definition) is 2. The summed E-state index contributed by atoms with van der Waals surface area (Å²) in [5.74, 6) is -0.153. The lowest BCUT2D eigenvalue weighted by atomic mass is 9.98. The molecular formula is C15H12FIO2. The molecule has 0 aliphatic heterocycles. The van der Waals surface area contributed by atoms with Crippen LogP contribution in [0.15, 0.2) is 36.4 Å². The highest BCUT2D eigenvalue weighted by Crippen LogP contribution is 2.25. The molecule has 0 heterocycles. The molecule has 2 rings (SSSR count). The molecule has 0 fully saturated rings. The minimum atomic E-state index is -0.418. The highest BCUT2D eigenvalue weighted by molar-refractivity contribution is 14.1. The van der Waals surface area contributed by atoms with Crippen LogP contribution in [0.1, 0.15) is 21.5 Å². The molecule has 2 aromatic rings. The number of halogens is 2. The number of carbonyl (C=O) groups excluding carboxylic acids is 1. The number of aryl methyl sites for hydroxylation is 1. The second kappa shape index (κ2) is 5.69. The Kier molecular flexibility index (Phi) is 4.19. The minimum Gasteiger partial charge on any atom is -0.496 e. The predicted molar refractivity (Wildman–Crippen MR) is 80.3 cm³/mol. The van der Waals surface area contributed by atoms with Gasteiger partial charge in [0.15, 0.2) is 5.78 Å². The lowest BCUT2D eigenvalue weighted by Crippen LogP contribution is -2.07. The molecule has 2 nitrogen and oxygen atoms in total. The Bertz CT molecular complexity index is 638. The molecule has 0 unspecified atom stereocenters. The van der Waals surface area contributed by atoms with Gasteiger partial charge < -0.3 is 4.74 Å². The molecule has 0 aliphatic rings. The fraction of sp³-hybridized carbons (Fsp3) is 0.133. The Labute approximate surface area is 124 Å². The Morgan fingerprint density at radius 2 is 1.89 bits per heavy atom. The van der Waals surface area contributed by atoms with Crippen LogP contribution in [0.5, 0.6) is 5.75 Å². The van der Waals surface area contributed by atoms with Crippen LogP contribution >= 0.6 is 22.6 Å². The second-order valence-corrected chi connectivity index (χ2v) is 5.38. The molecule has 0 saturated carbocycles. The fourth-order valence-electron chi connectivity index (χ4n) is 1.84. The zero-order chi connectivity index (χ0) is 14.0. The highest BCUT2D eigenvalue weighted by Gasteiger charge is 2.17. The number of methoxy groups -OCH3 is 1. The lowest BCUT2D eigenvalue weighted by molar-refractivity contribution is 0.103. The fourth-order valence-corrected chi connectivity index (χ4v) is 2.33. The number of rotatable bonds is 3. The van der Waals surface area contributed by atoms with Crippen molar-refractivity contribution in [2.75, 3.05) is 7.11 Å². The van der Waals surface area contributed by atoms with Crippen LogP contribution in [0.4, 0.5) is 4.39 Å². The van der Waals surface area contributed by atoms with Gasteiger partial charge in [0.1, 0.15) is 11.6 Å². The van der Waals surface area contributed by atoms with E-state index in [1.807, 2.05) is 6.07 Å². The lowest BCUT2D eigenvalue weighted by Gasteiger charge is -2.10. The second-order valence-electron chi connectivity index (χ2n) is 4.13. The number of benzene rings is 2. The summed E-state index contributed by atoms with van der Waals surface area (Å²) in [6.07, 6.45) is 0. The van der Waals surface area contributed by atoms with Crippen LogP contribution < -0.4 is 4.74 Å². The van der Waals surface area contributed by atoms with E-state index in [1.54, 1.807) is 25.1 Å². The zero-order valence-corrected chi connectivity index (χ0v) is 12.7. The van der Waals surface area contributed by atoms with Crippen LogP contribution in [0.25, 0.3) is 0 Å². The number of carbonyl (C=O) groups is 1. The zero-order valence-electron chi connectivity index (χ0n) is 10.5. The molecule has 0 aliphatic carbocycles. The van der Waals surface area contributed by atoms with Crippen molar-refractivity contribution in [3.63, 3.8) is 0 Å². The molecule has 0 amide bonds. The summed E-state index contributed by atoms with van der Waals surface area (Å²) in [5, 5.41) is 0. The summed E-state index contributed by atoms with van der Waals surface area (Å²) >= 11 is 2.12. The first-order valence-corrected chi connectivity index (χ1v) is 6.75. The van der Waals surface area contributed by atoms with Crippen molar-refractivity contribution in [2.45, 2.75) is 6.92 Å². The predicted octanol–water partition coefficient (Wildman–Crippen LogP) is 3.98. The Hall–Kier alpha value is -1.43. The minimum absolute atomic E-state index is 0.229. The molecule has 4 heteroatoms. The quantitative estimate of drug-likeness (QED) is 0.604. The van der Waals surface area contributed by atoms with E-state index in [0.717, 1.165) is 9.13 Å². The third-order valence-corrected chi connectivity index (χ3v) is 3.52. The molecule has 19 heavy (non-hydrogen) atoms. The van der Waals surface area contributed by atoms with E-state index < -0.39 is 5.82 Å². The van der Waals surface area contributed by atoms with E-state index in [-0.39, 0.29) is 5.78 Å². The monoisotopic (exact) mass is 370 g/mol. The Balaban J connectivity index is 2.55. The van der Waals surface area contributed by atoms with Gasteiger partial charge >= 0.3 is 0 Å². The third-order valence-electron chi connectivity index (χ3n) is 2.85. The van der Waals surface area contributed by atoms with Gasteiger partial charge in [-0.2, -0.15) is 0 Å². The number of hydrogen-bond donors (Lipinski definition) is 0. The van der Waals surface area contributed by atoms with Crippen molar-refractivity contribution in [2.24, 2.45) is 0 Å². The molecule has 0 N–H and O–H groups in total. The van der Waals surface area contributed by atoms with Crippen LogP contribution in [-0.2, 0) is 0 Å². The van der Waals surface area contributed by atoms with Gasteiger partial charge in [-0.05, 0) is 65.4 Å². The van der Waals surface area contributed by atoms with Crippen LogP contribution in [0.2, 0.25) is 0 Å². The van der Waals surface area contributed by atoms with Gasteiger partial charge in [-0.15, -0.1) is 0 Å². The number of ether oxygens (including phenoxy) is 1. The molecule has 0 spiro atoms. The molecule has 0 aromatic heterocycles. The Morgan fingerprint density at radius 1 is 1.16 bits per heavy atom. The summed E-state index contributed by atoms with van der Waals surface area (Å²) in [6, 6.07) is 9.54. The molecule has 0 atom stereocenters. The maximum atomic E-state index is 13.3. The molecule has 0 radical (unpaired) electrons. The van der Waals surface area contributed by atoms with Gasteiger partial charge in [0.2, 0.25) is 0 Å². The van der Waals surface area contributed by atoms with E-state index in [0.29, 0.717) is 16.9 Å². The van der Waals surface area contributed by atoms with Crippen molar-refractivity contribution >= 4 is 28.4 Å². The van der Waals surface area contributed by atoms with Crippen LogP contribution in [0.3, 0.4) is 0 Å².